The van der Waals surface area contributed by atoms with E-state index in [4.69, 9.17) is 4.74 Å². The molecule has 0 atom stereocenters. The van der Waals surface area contributed by atoms with Gasteiger partial charge in [0.05, 0.1) is 0 Å². The highest BCUT2D eigenvalue weighted by atomic mass is 16.5. The average Bonchev–Trinajstić information content (AvgIpc) is 2.29. The molecule has 0 aliphatic heterocycles. The molecule has 1 rings (SSSR count). The van der Waals surface area contributed by atoms with E-state index < -0.39 is 0 Å². The number of hydrogen-bond acceptors (Lipinski definition) is 3. The van der Waals surface area contributed by atoms with Crippen LogP contribution in [-0.4, -0.2) is 11.0 Å². The number of carbonyl (C=O) groups is 1. The number of aryl methyl sites for hydroxylation is 2. The number of carbonyl (C=O) groups excluding carboxylic acids is 1. The zero-order valence-corrected chi connectivity index (χ0v) is 11.0. The molecule has 0 fully saturated rings. The summed E-state index contributed by atoms with van der Waals surface area (Å²) < 4.78 is 5.13. The molecule has 94 valence electrons. The molecule has 17 heavy (non-hydrogen) atoms. The van der Waals surface area contributed by atoms with Crippen LogP contribution in [-0.2, 0) is 17.6 Å². The van der Waals surface area contributed by atoms with Crippen LogP contribution in [0.5, 0.6) is 5.88 Å². The van der Waals surface area contributed by atoms with E-state index in [1.807, 2.05) is 0 Å². The fraction of sp³-hybridized carbons (Fsp3) is 0.571. The second-order valence-corrected chi connectivity index (χ2v) is 4.26. The third-order valence-corrected chi connectivity index (χ3v) is 2.56. The van der Waals surface area contributed by atoms with Gasteiger partial charge < -0.3 is 4.74 Å². The van der Waals surface area contributed by atoms with Crippen LogP contribution in [0.4, 0.5) is 0 Å². The second kappa shape index (κ2) is 7.05. The van der Waals surface area contributed by atoms with Crippen LogP contribution < -0.4 is 4.74 Å². The van der Waals surface area contributed by atoms with Crippen molar-refractivity contribution >= 4 is 5.97 Å². The van der Waals surface area contributed by atoms with E-state index in [2.05, 4.69) is 24.9 Å². The van der Waals surface area contributed by atoms with E-state index in [0.717, 1.165) is 37.7 Å². The maximum atomic E-state index is 11.0. The van der Waals surface area contributed by atoms with Crippen molar-refractivity contribution in [3.05, 3.63) is 23.4 Å². The fourth-order valence-electron chi connectivity index (χ4n) is 1.75. The first-order chi connectivity index (χ1) is 8.17. The van der Waals surface area contributed by atoms with Gasteiger partial charge in [-0.3, -0.25) is 4.79 Å². The Labute approximate surface area is 103 Å². The highest BCUT2D eigenvalue weighted by Crippen LogP contribution is 2.20. The summed E-state index contributed by atoms with van der Waals surface area (Å²) in [6.45, 7) is 5.70. The van der Waals surface area contributed by atoms with Gasteiger partial charge in [0.15, 0.2) is 0 Å². The minimum atomic E-state index is -0.307. The van der Waals surface area contributed by atoms with Crippen molar-refractivity contribution in [2.45, 2.75) is 52.9 Å². The molecule has 0 spiro atoms. The molecule has 0 unspecified atom stereocenters. The van der Waals surface area contributed by atoms with Gasteiger partial charge in [0.25, 0.3) is 0 Å². The molecule has 0 radical (unpaired) electrons. The number of nitrogens with zero attached hydrogens (tertiary/aromatic N) is 1. The number of ether oxygens (including phenoxy) is 1. The average molecular weight is 235 g/mol. The highest BCUT2D eigenvalue weighted by molar-refractivity contribution is 5.69. The van der Waals surface area contributed by atoms with Crippen molar-refractivity contribution in [3.63, 3.8) is 0 Å². The van der Waals surface area contributed by atoms with Crippen LogP contribution in [0, 0.1) is 0 Å². The molecular formula is C14H21NO2. The number of esters is 1. The quantitative estimate of drug-likeness (QED) is 0.710. The van der Waals surface area contributed by atoms with Crippen molar-refractivity contribution in [2.24, 2.45) is 0 Å². The molecule has 0 amide bonds. The van der Waals surface area contributed by atoms with Gasteiger partial charge in [-0.05, 0) is 30.9 Å². The second-order valence-electron chi connectivity index (χ2n) is 4.26. The zero-order chi connectivity index (χ0) is 12.7. The highest BCUT2D eigenvalue weighted by Gasteiger charge is 2.08. The van der Waals surface area contributed by atoms with Gasteiger partial charge in [-0.2, -0.15) is 0 Å². The number of pyridine rings is 1. The Balaban J connectivity index is 2.89. The summed E-state index contributed by atoms with van der Waals surface area (Å²) >= 11 is 0. The molecule has 0 bridgehead atoms. The normalized spacial score (nSPS) is 10.3. The summed E-state index contributed by atoms with van der Waals surface area (Å²) in [5.74, 6) is 0.171. The van der Waals surface area contributed by atoms with E-state index in [9.17, 15) is 4.79 Å². The summed E-state index contributed by atoms with van der Waals surface area (Å²) in [4.78, 5) is 15.2. The molecular weight excluding hydrogens is 214 g/mol. The molecule has 1 heterocycles. The van der Waals surface area contributed by atoms with Gasteiger partial charge in [0, 0.05) is 18.7 Å². The third-order valence-electron chi connectivity index (χ3n) is 2.56. The Bertz CT molecular complexity index is 374. The molecule has 0 aromatic carbocycles. The lowest BCUT2D eigenvalue weighted by atomic mass is 10.1. The Morgan fingerprint density at radius 2 is 2.06 bits per heavy atom. The number of unbranched alkanes of at least 4 members (excludes halogenated alkanes) is 1. The maximum Gasteiger partial charge on any atom is 0.309 e. The molecule has 1 aromatic rings. The zero-order valence-electron chi connectivity index (χ0n) is 11.0. The topological polar surface area (TPSA) is 39.2 Å². The summed E-state index contributed by atoms with van der Waals surface area (Å²) in [7, 11) is 0. The van der Waals surface area contributed by atoms with Crippen LogP contribution in [0.25, 0.3) is 0 Å². The largest absolute Gasteiger partial charge is 0.407 e. The van der Waals surface area contributed by atoms with Crippen LogP contribution in [0.2, 0.25) is 0 Å². The minimum absolute atomic E-state index is 0.307. The van der Waals surface area contributed by atoms with E-state index in [1.165, 1.54) is 12.5 Å². The number of aromatic nitrogens is 1. The van der Waals surface area contributed by atoms with Gasteiger partial charge in [-0.1, -0.05) is 26.7 Å². The Kier molecular flexibility index (Phi) is 5.67. The Morgan fingerprint density at radius 1 is 1.29 bits per heavy atom. The molecule has 0 saturated carbocycles. The van der Waals surface area contributed by atoms with Gasteiger partial charge in [-0.15, -0.1) is 0 Å². The van der Waals surface area contributed by atoms with Crippen molar-refractivity contribution in [1.82, 2.24) is 4.98 Å². The van der Waals surface area contributed by atoms with Gasteiger partial charge in [0.1, 0.15) is 0 Å². The van der Waals surface area contributed by atoms with Crippen LogP contribution in [0.3, 0.4) is 0 Å². The molecule has 0 saturated heterocycles. The molecule has 0 aliphatic carbocycles. The predicted molar refractivity (Wildman–Crippen MR) is 68.2 cm³/mol. The van der Waals surface area contributed by atoms with Crippen LogP contribution in [0.15, 0.2) is 12.3 Å². The first-order valence-electron chi connectivity index (χ1n) is 6.33. The van der Waals surface area contributed by atoms with E-state index in [1.54, 1.807) is 6.20 Å². The van der Waals surface area contributed by atoms with Crippen LogP contribution in [0.1, 0.15) is 51.2 Å². The SMILES string of the molecule is CCCCc1cc(CCC)cnc1OC(C)=O. The third kappa shape index (κ3) is 4.55. The first-order valence-corrected chi connectivity index (χ1v) is 6.33. The van der Waals surface area contributed by atoms with Crippen molar-refractivity contribution in [2.75, 3.05) is 0 Å². The summed E-state index contributed by atoms with van der Waals surface area (Å²) in [6, 6.07) is 2.12. The standard InChI is InChI=1S/C14H21NO2/c1-4-6-8-13-9-12(7-5-2)10-15-14(13)17-11(3)16/h9-10H,4-8H2,1-3H3. The predicted octanol–water partition coefficient (Wildman–Crippen LogP) is 3.30. The maximum absolute atomic E-state index is 11.0. The lowest BCUT2D eigenvalue weighted by Crippen LogP contribution is -2.06. The Morgan fingerprint density at radius 3 is 2.65 bits per heavy atom. The molecule has 1 aromatic heterocycles. The Hall–Kier alpha value is -1.38. The molecule has 0 aliphatic rings. The lowest BCUT2D eigenvalue weighted by molar-refractivity contribution is -0.132. The van der Waals surface area contributed by atoms with Crippen molar-refractivity contribution in [3.8, 4) is 5.88 Å². The number of rotatable bonds is 6. The first kappa shape index (κ1) is 13.7. The summed E-state index contributed by atoms with van der Waals surface area (Å²) in [5.41, 5.74) is 2.27. The van der Waals surface area contributed by atoms with Gasteiger partial charge in [0.2, 0.25) is 5.88 Å². The molecule has 3 heteroatoms. The molecule has 3 nitrogen and oxygen atoms in total. The summed E-state index contributed by atoms with van der Waals surface area (Å²) in [5, 5.41) is 0. The monoisotopic (exact) mass is 235 g/mol. The van der Waals surface area contributed by atoms with E-state index in [-0.39, 0.29) is 5.97 Å². The van der Waals surface area contributed by atoms with Crippen molar-refractivity contribution in [1.29, 1.82) is 0 Å². The smallest absolute Gasteiger partial charge is 0.309 e. The van der Waals surface area contributed by atoms with Gasteiger partial charge >= 0.3 is 5.97 Å². The number of hydrogen-bond donors (Lipinski definition) is 0. The fourth-order valence-corrected chi connectivity index (χ4v) is 1.75. The summed E-state index contributed by atoms with van der Waals surface area (Å²) in [6.07, 6.45) is 7.05. The molecule has 0 N–H and O–H groups in total. The van der Waals surface area contributed by atoms with Gasteiger partial charge in [-0.25, -0.2) is 4.98 Å². The van der Waals surface area contributed by atoms with Crippen LogP contribution >= 0.6 is 0 Å². The van der Waals surface area contributed by atoms with Crippen molar-refractivity contribution < 1.29 is 9.53 Å². The van der Waals surface area contributed by atoms with E-state index >= 15 is 0 Å². The van der Waals surface area contributed by atoms with E-state index in [0.29, 0.717) is 5.88 Å². The lowest BCUT2D eigenvalue weighted by Gasteiger charge is -2.09. The minimum Gasteiger partial charge on any atom is -0.407 e.